The summed E-state index contributed by atoms with van der Waals surface area (Å²) in [6.07, 6.45) is 15.1. The first-order valence-electron chi connectivity index (χ1n) is 24.3. The molecule has 0 atom stereocenters. The van der Waals surface area contributed by atoms with Gasteiger partial charge >= 0.3 is 44.8 Å². The van der Waals surface area contributed by atoms with Gasteiger partial charge in [-0.15, -0.1) is 23.3 Å². The zero-order chi connectivity index (χ0) is 48.6. The van der Waals surface area contributed by atoms with E-state index in [1.54, 1.807) is 0 Å². The van der Waals surface area contributed by atoms with E-state index in [-0.39, 0.29) is 44.8 Å². The summed E-state index contributed by atoms with van der Waals surface area (Å²) < 4.78 is 0. The summed E-state index contributed by atoms with van der Waals surface area (Å²) in [5.41, 5.74) is 1.70. The van der Waals surface area contributed by atoms with Crippen LogP contribution in [-0.4, -0.2) is 0 Å². The van der Waals surface area contributed by atoms with Crippen molar-refractivity contribution in [1.82, 2.24) is 0 Å². The van der Waals surface area contributed by atoms with Crippen molar-refractivity contribution in [2.24, 2.45) is 0 Å². The van der Waals surface area contributed by atoms with Gasteiger partial charge in [0.15, 0.2) is 0 Å². The monoisotopic (exact) mass is 1340 g/mol. The summed E-state index contributed by atoms with van der Waals surface area (Å²) in [6, 6.07) is 99.3. The average molecular weight is 1350 g/mol. The van der Waals surface area contributed by atoms with Gasteiger partial charge in [-0.05, 0) is 115 Å². The Morgan fingerprint density at radius 3 is 0.676 bits per heavy atom. The van der Waals surface area contributed by atoms with Crippen LogP contribution in [0.4, 0.5) is 0 Å². The molecule has 0 aromatic heterocycles. The molecule has 0 saturated carbocycles. The van der Waals surface area contributed by atoms with Gasteiger partial charge in [-0.1, -0.05) is 217 Å². The standard InChI is InChI=1S/C30H24P2.2C20H11.2Au/c1-5-15-25(16-6-1)31(26-17-7-2-8-18-26)29-23-13-14-24-30(29)32(27-19-9-3-10-20-27)28-21-11-4-12-22-28;2*1-2-14-8-7-13-19-17-10-4-3-9-15(17)16-11-5-6-12-18(16)20(14)19;;/h1-24H;2*3-13H;;/q;2*-1;2*+1/p+2. The number of rotatable bonds is 6. The van der Waals surface area contributed by atoms with Crippen LogP contribution in [0.1, 0.15) is 11.1 Å². The van der Waals surface area contributed by atoms with Crippen LogP contribution in [0, 0.1) is 24.7 Å². The molecule has 0 aliphatic rings. The van der Waals surface area contributed by atoms with Crippen LogP contribution in [0.25, 0.3) is 64.6 Å². The van der Waals surface area contributed by atoms with E-state index in [2.05, 4.69) is 267 Å². The van der Waals surface area contributed by atoms with Crippen molar-refractivity contribution in [3.63, 3.8) is 0 Å². The van der Waals surface area contributed by atoms with E-state index in [1.807, 2.05) is 24.3 Å². The quantitative estimate of drug-likeness (QED) is 0.0512. The fourth-order valence-electron chi connectivity index (χ4n) is 10.4. The molecule has 0 unspecified atom stereocenters. The summed E-state index contributed by atoms with van der Waals surface area (Å²) in [5, 5.41) is 23.2. The Morgan fingerprint density at radius 2 is 0.419 bits per heavy atom. The van der Waals surface area contributed by atoms with Crippen molar-refractivity contribution in [2.75, 3.05) is 0 Å². The zero-order valence-electron chi connectivity index (χ0n) is 40.2. The number of fused-ring (bicyclic) bond motifs is 12. The third-order valence-electron chi connectivity index (χ3n) is 13.5. The van der Waals surface area contributed by atoms with Crippen LogP contribution in [0.15, 0.2) is 279 Å². The van der Waals surface area contributed by atoms with Crippen molar-refractivity contribution in [2.45, 2.75) is 0 Å². The predicted octanol–water partition coefficient (Wildman–Crippen LogP) is 14.8. The fraction of sp³-hybridized carbons (Fsp3) is 0. The van der Waals surface area contributed by atoms with Crippen molar-refractivity contribution in [3.8, 4) is 11.8 Å². The Hall–Kier alpha value is -7.12. The first-order chi connectivity index (χ1) is 35.7. The smallest absolute Gasteiger partial charge is 0.366 e. The maximum absolute atomic E-state index is 7.56. The van der Waals surface area contributed by atoms with Gasteiger partial charge in [0.2, 0.25) is 0 Å². The molecule has 4 heteroatoms. The molecule has 0 amide bonds. The Balaban J connectivity index is 0.000000140. The molecule has 74 heavy (non-hydrogen) atoms. The van der Waals surface area contributed by atoms with Gasteiger partial charge in [0.25, 0.3) is 0 Å². The molecule has 13 aromatic carbocycles. The van der Waals surface area contributed by atoms with Crippen molar-refractivity contribution >= 4 is 112 Å². The van der Waals surface area contributed by atoms with Gasteiger partial charge in [-0.3, -0.25) is 11.8 Å². The normalized spacial score (nSPS) is 10.7. The van der Waals surface area contributed by atoms with Crippen LogP contribution in [0.2, 0.25) is 0 Å². The van der Waals surface area contributed by atoms with E-state index in [9.17, 15) is 0 Å². The number of hydrogen-bond donors (Lipinski definition) is 0. The Morgan fingerprint density at radius 1 is 0.216 bits per heavy atom. The molecule has 0 heterocycles. The summed E-state index contributed by atoms with van der Waals surface area (Å²) in [7, 11) is -2.28. The molecule has 0 saturated heterocycles. The minimum absolute atomic E-state index is 0. The second-order valence-electron chi connectivity index (χ2n) is 17.6. The molecule has 13 aromatic rings. The molecule has 0 aliphatic carbocycles. The fourth-order valence-corrected chi connectivity index (χ4v) is 16.4. The molecular formula is C70H48Au2P2+2. The number of benzene rings is 13. The average Bonchev–Trinajstić information content (AvgIpc) is 3.47. The SMILES string of the molecule is [Au+].[Au+].[C-]#Cc1cccc2c3ccccc3c3ccccc3c12.[C-]#Cc1cccc2c3ccccc3c3ccccc3c12.c1ccc([PH+](c2ccccc2)c2ccccc2[PH+](c2ccccc2)c2ccccc2)cc1. The van der Waals surface area contributed by atoms with E-state index in [1.165, 1.54) is 85.7 Å². The summed E-state index contributed by atoms with van der Waals surface area (Å²) >= 11 is 0. The van der Waals surface area contributed by atoms with Gasteiger partial charge in [0.05, 0.1) is 0 Å². The van der Waals surface area contributed by atoms with Crippen LogP contribution >= 0.6 is 15.8 Å². The van der Waals surface area contributed by atoms with E-state index in [4.69, 9.17) is 12.8 Å². The van der Waals surface area contributed by atoms with Crippen LogP contribution in [0.5, 0.6) is 0 Å². The third-order valence-corrected chi connectivity index (χ3v) is 19.4. The van der Waals surface area contributed by atoms with Gasteiger partial charge in [0.1, 0.15) is 47.7 Å². The minimum Gasteiger partial charge on any atom is -0.366 e. The third kappa shape index (κ3) is 10.4. The summed E-state index contributed by atoms with van der Waals surface area (Å²) in [5.74, 6) is 5.15. The first-order valence-corrected chi connectivity index (χ1v) is 27.3. The zero-order valence-corrected chi connectivity index (χ0v) is 46.5. The molecule has 0 fully saturated rings. The number of hydrogen-bond acceptors (Lipinski definition) is 0. The molecule has 0 bridgehead atoms. The molecule has 0 spiro atoms. The minimum atomic E-state index is -1.14. The van der Waals surface area contributed by atoms with Crippen LogP contribution in [-0.2, 0) is 44.8 Å². The largest absolute Gasteiger partial charge is 1.00 e. The molecule has 0 nitrogen and oxygen atoms in total. The Labute approximate surface area is 468 Å². The Bertz CT molecular complexity index is 3690. The van der Waals surface area contributed by atoms with Crippen molar-refractivity contribution in [3.05, 3.63) is 303 Å². The topological polar surface area (TPSA) is 0 Å². The second kappa shape index (κ2) is 24.3. The van der Waals surface area contributed by atoms with E-state index < -0.39 is 15.8 Å². The maximum atomic E-state index is 7.56. The van der Waals surface area contributed by atoms with Crippen LogP contribution in [0.3, 0.4) is 0 Å². The predicted molar refractivity (Wildman–Crippen MR) is 317 cm³/mol. The molecule has 0 radical (unpaired) electrons. The first kappa shape index (κ1) is 51.8. The molecular weight excluding hydrogens is 1300 g/mol. The molecule has 0 aliphatic heterocycles. The van der Waals surface area contributed by atoms with Gasteiger partial charge in [-0.2, -0.15) is 0 Å². The van der Waals surface area contributed by atoms with Gasteiger partial charge < -0.3 is 12.8 Å². The van der Waals surface area contributed by atoms with Gasteiger partial charge in [0, 0.05) is 0 Å². The molecule has 13 rings (SSSR count). The molecule has 0 N–H and O–H groups in total. The summed E-state index contributed by atoms with van der Waals surface area (Å²) in [4.78, 5) is 0. The van der Waals surface area contributed by atoms with E-state index in [0.717, 1.165) is 21.9 Å². The van der Waals surface area contributed by atoms with Crippen molar-refractivity contribution < 1.29 is 44.8 Å². The maximum Gasteiger partial charge on any atom is 1.00 e. The second-order valence-corrected chi connectivity index (χ2v) is 22.5. The van der Waals surface area contributed by atoms with Gasteiger partial charge in [-0.25, -0.2) is 0 Å². The van der Waals surface area contributed by atoms with E-state index >= 15 is 0 Å². The Kier molecular flexibility index (Phi) is 17.0. The summed E-state index contributed by atoms with van der Waals surface area (Å²) in [6.45, 7) is 0. The van der Waals surface area contributed by atoms with Crippen LogP contribution < -0.4 is 31.8 Å². The molecule has 358 valence electrons. The van der Waals surface area contributed by atoms with E-state index in [0.29, 0.717) is 0 Å². The van der Waals surface area contributed by atoms with Crippen molar-refractivity contribution in [1.29, 1.82) is 0 Å².